The first-order valence-electron chi connectivity index (χ1n) is 12.4. The molecule has 4 heteroatoms. The Kier molecular flexibility index (Phi) is 9.74. The molecule has 0 aliphatic rings. The van der Waals surface area contributed by atoms with Gasteiger partial charge in [0.1, 0.15) is 0 Å². The van der Waals surface area contributed by atoms with E-state index in [0.29, 0.717) is 19.6 Å². The van der Waals surface area contributed by atoms with E-state index in [0.717, 1.165) is 32.7 Å². The molecule has 5 aromatic carbocycles. The topological polar surface area (TPSA) is 34.1 Å². The fraction of sp³-hybridized carbons (Fsp3) is 0.188. The number of benzene rings is 5. The summed E-state index contributed by atoms with van der Waals surface area (Å²) in [5.41, 5.74) is 1.76. The molecule has 5 rings (SSSR count). The zero-order valence-electron chi connectivity index (χ0n) is 21.9. The second kappa shape index (κ2) is 12.8. The van der Waals surface area contributed by atoms with E-state index in [4.69, 9.17) is 0 Å². The van der Waals surface area contributed by atoms with Gasteiger partial charge in [0.25, 0.3) is 0 Å². The molecule has 2 atom stereocenters. The minimum absolute atomic E-state index is 0.645. The van der Waals surface area contributed by atoms with E-state index in [1.807, 2.05) is 139 Å². The highest BCUT2D eigenvalue weighted by Gasteiger charge is 2.22. The summed E-state index contributed by atoms with van der Waals surface area (Å²) in [4.78, 5) is 2.72. The summed E-state index contributed by atoms with van der Waals surface area (Å²) >= 11 is 0. The average Bonchev–Trinajstić information content (AvgIpc) is 2.95. The normalized spacial score (nSPS) is 12.2. The van der Waals surface area contributed by atoms with Crippen molar-refractivity contribution in [3.05, 3.63) is 108 Å². The highest BCUT2D eigenvalue weighted by molar-refractivity contribution is 7.88. The first-order chi connectivity index (χ1) is 17.5. The van der Waals surface area contributed by atoms with Crippen molar-refractivity contribution >= 4 is 43.1 Å². The molecule has 0 saturated carbocycles. The number of hydrogen-bond donors (Lipinski definition) is 0. The average molecular weight is 515 g/mol. The molecular formula is C32H34O2S2. The van der Waals surface area contributed by atoms with Crippen molar-refractivity contribution in [2.45, 2.75) is 61.1 Å². The van der Waals surface area contributed by atoms with Crippen molar-refractivity contribution in [2.24, 2.45) is 0 Å². The van der Waals surface area contributed by atoms with Crippen LogP contribution in [0.1, 0.15) is 38.8 Å². The van der Waals surface area contributed by atoms with Gasteiger partial charge in [0, 0.05) is 9.79 Å². The Morgan fingerprint density at radius 3 is 1.14 bits per heavy atom. The number of rotatable bonds is 4. The van der Waals surface area contributed by atoms with E-state index >= 15 is 0 Å². The van der Waals surface area contributed by atoms with Crippen LogP contribution in [-0.4, -0.2) is 8.42 Å². The van der Waals surface area contributed by atoms with Gasteiger partial charge >= 0.3 is 0 Å². The summed E-state index contributed by atoms with van der Waals surface area (Å²) in [5.74, 6) is 0. The maximum absolute atomic E-state index is 13.8. The lowest BCUT2D eigenvalue weighted by molar-refractivity contribution is 0.673. The molecule has 5 aromatic rings. The van der Waals surface area contributed by atoms with Gasteiger partial charge in [0.2, 0.25) is 0 Å². The zero-order valence-corrected chi connectivity index (χ0v) is 23.5. The molecule has 0 N–H and O–H groups in total. The van der Waals surface area contributed by atoms with Crippen LogP contribution in [0.3, 0.4) is 0 Å². The second-order valence-electron chi connectivity index (χ2n) is 7.91. The maximum Gasteiger partial charge on any atom is 0.0865 e. The van der Waals surface area contributed by atoms with Crippen LogP contribution in [0.2, 0.25) is 0 Å². The van der Waals surface area contributed by atoms with E-state index in [-0.39, 0.29) is 0 Å². The van der Waals surface area contributed by atoms with E-state index in [2.05, 4.69) is 0 Å². The predicted molar refractivity (Wildman–Crippen MR) is 156 cm³/mol. The monoisotopic (exact) mass is 514 g/mol. The fourth-order valence-electron chi connectivity index (χ4n) is 4.02. The predicted octanol–water partition coefficient (Wildman–Crippen LogP) is 9.00. The maximum atomic E-state index is 13.8. The van der Waals surface area contributed by atoms with Gasteiger partial charge in [0.15, 0.2) is 0 Å². The number of fused-ring (bicyclic) bond motifs is 2. The molecule has 36 heavy (non-hydrogen) atoms. The second-order valence-corrected chi connectivity index (χ2v) is 10.7. The minimum atomic E-state index is -1.45. The molecule has 0 saturated heterocycles. The summed E-state index contributed by atoms with van der Waals surface area (Å²) in [6.07, 6.45) is 0. The van der Waals surface area contributed by atoms with E-state index < -0.39 is 21.6 Å². The molecule has 2 unspecified atom stereocenters. The molecule has 0 aliphatic carbocycles. The third-order valence-corrected chi connectivity index (χ3v) is 9.03. The highest BCUT2D eigenvalue weighted by Crippen LogP contribution is 2.33. The summed E-state index contributed by atoms with van der Waals surface area (Å²) in [7, 11) is -2.90. The molecule has 0 bridgehead atoms. The Hall–Kier alpha value is -3.08. The van der Waals surface area contributed by atoms with Crippen LogP contribution in [0.5, 0.6) is 0 Å². The standard InChI is InChI=1S/C28H22O2S2.2C2H6/c1-19-11-12-20(2)28(32(30)26-16-14-22-8-4-6-10-24(22)18-26)27(19)31(29)25-15-13-21-7-3-5-9-23(21)17-25;2*1-2/h3-18H,1-2H3;2*1-2H3. The van der Waals surface area contributed by atoms with Crippen molar-refractivity contribution in [3.8, 4) is 0 Å². The number of aryl methyl sites for hydroxylation is 2. The zero-order chi connectivity index (χ0) is 26.2. The SMILES string of the molecule is CC.CC.Cc1ccc(C)c(S(=O)c2ccc3ccccc3c2)c1S(=O)c1ccc2ccccc2c1. The third kappa shape index (κ3) is 5.66. The largest absolute Gasteiger partial charge is 0.249 e. The van der Waals surface area contributed by atoms with Gasteiger partial charge in [-0.15, -0.1) is 0 Å². The minimum Gasteiger partial charge on any atom is -0.249 e. The molecule has 2 nitrogen and oxygen atoms in total. The van der Waals surface area contributed by atoms with Crippen LogP contribution < -0.4 is 0 Å². The van der Waals surface area contributed by atoms with Crippen LogP contribution in [-0.2, 0) is 21.6 Å². The molecule has 0 aromatic heterocycles. The van der Waals surface area contributed by atoms with Crippen molar-refractivity contribution in [1.29, 1.82) is 0 Å². The van der Waals surface area contributed by atoms with Crippen molar-refractivity contribution in [3.63, 3.8) is 0 Å². The van der Waals surface area contributed by atoms with Crippen LogP contribution in [0.25, 0.3) is 21.5 Å². The summed E-state index contributed by atoms with van der Waals surface area (Å²) in [6.45, 7) is 11.9. The van der Waals surface area contributed by atoms with Crippen LogP contribution in [0, 0.1) is 13.8 Å². The van der Waals surface area contributed by atoms with E-state index in [1.54, 1.807) is 0 Å². The van der Waals surface area contributed by atoms with Crippen LogP contribution >= 0.6 is 0 Å². The van der Waals surface area contributed by atoms with Crippen molar-refractivity contribution in [1.82, 2.24) is 0 Å². The van der Waals surface area contributed by atoms with Gasteiger partial charge in [-0.2, -0.15) is 0 Å². The van der Waals surface area contributed by atoms with Gasteiger partial charge in [-0.1, -0.05) is 100 Å². The Morgan fingerprint density at radius 2 is 0.778 bits per heavy atom. The van der Waals surface area contributed by atoms with Crippen LogP contribution in [0.15, 0.2) is 117 Å². The first kappa shape index (κ1) is 27.5. The van der Waals surface area contributed by atoms with Gasteiger partial charge in [-0.05, 0) is 70.8 Å². The molecule has 0 aliphatic heterocycles. The quantitative estimate of drug-likeness (QED) is 0.240. The fourth-order valence-corrected chi connectivity index (χ4v) is 7.18. The Bertz CT molecular complexity index is 1420. The molecule has 0 spiro atoms. The van der Waals surface area contributed by atoms with Crippen LogP contribution in [0.4, 0.5) is 0 Å². The molecule has 0 amide bonds. The number of hydrogen-bond acceptors (Lipinski definition) is 2. The van der Waals surface area contributed by atoms with Gasteiger partial charge in [-0.3, -0.25) is 0 Å². The lowest BCUT2D eigenvalue weighted by Gasteiger charge is -2.16. The molecule has 186 valence electrons. The van der Waals surface area contributed by atoms with Crippen molar-refractivity contribution < 1.29 is 8.42 Å². The Labute approximate surface area is 220 Å². The summed E-state index contributed by atoms with van der Waals surface area (Å²) < 4.78 is 27.6. The van der Waals surface area contributed by atoms with E-state index in [9.17, 15) is 8.42 Å². The lowest BCUT2D eigenvalue weighted by Crippen LogP contribution is -2.06. The summed E-state index contributed by atoms with van der Waals surface area (Å²) in [6, 6.07) is 31.7. The third-order valence-electron chi connectivity index (χ3n) is 5.75. The molecule has 0 fully saturated rings. The molecule has 0 heterocycles. The van der Waals surface area contributed by atoms with Gasteiger partial charge in [-0.25, -0.2) is 8.42 Å². The van der Waals surface area contributed by atoms with E-state index in [1.165, 1.54) is 0 Å². The molecular weight excluding hydrogens is 480 g/mol. The molecule has 0 radical (unpaired) electrons. The first-order valence-corrected chi connectivity index (χ1v) is 14.7. The lowest BCUT2D eigenvalue weighted by atomic mass is 10.1. The van der Waals surface area contributed by atoms with Crippen molar-refractivity contribution in [2.75, 3.05) is 0 Å². The van der Waals surface area contributed by atoms with Gasteiger partial charge in [0.05, 0.1) is 31.4 Å². The Balaban J connectivity index is 0.000000861. The Morgan fingerprint density at radius 1 is 0.444 bits per heavy atom. The summed E-state index contributed by atoms with van der Waals surface area (Å²) in [5, 5.41) is 4.30. The smallest absolute Gasteiger partial charge is 0.0865 e. The van der Waals surface area contributed by atoms with Gasteiger partial charge < -0.3 is 0 Å². The highest BCUT2D eigenvalue weighted by atomic mass is 32.2.